The minimum Gasteiger partial charge on any atom is -0.479 e. The molecule has 4 aromatic rings. The van der Waals surface area contributed by atoms with Crippen molar-refractivity contribution in [1.29, 1.82) is 0 Å². The zero-order valence-electron chi connectivity index (χ0n) is 29.2. The Balaban J connectivity index is 1.42. The summed E-state index contributed by atoms with van der Waals surface area (Å²) < 4.78 is 36.4. The van der Waals surface area contributed by atoms with E-state index in [1.54, 1.807) is 21.7 Å². The van der Waals surface area contributed by atoms with Gasteiger partial charge in [0.1, 0.15) is 28.4 Å². The molecule has 5 rings (SSSR count). The molecule has 5 heterocycles. The number of hydrogen-bond acceptors (Lipinski definition) is 8. The van der Waals surface area contributed by atoms with Gasteiger partial charge in [-0.3, -0.25) is 4.98 Å². The SMILES string of the molecule is Cc1c(-c2cc(OC(CO[Si](C)(C)C(C)(C)C)c3ccc(F)cn3)c3ccnn3c2)nnn1[C@H]1CCN(C(=O)OC(C)(C)C)C[C@H]1C. The number of rotatable bonds is 8. The molecule has 47 heavy (non-hydrogen) atoms. The maximum Gasteiger partial charge on any atom is 0.410 e. The monoisotopic (exact) mass is 665 g/mol. The fourth-order valence-electron chi connectivity index (χ4n) is 5.54. The molecular formula is C34H48FN7O4Si. The lowest BCUT2D eigenvalue weighted by molar-refractivity contribution is 0.0116. The van der Waals surface area contributed by atoms with Crippen LogP contribution >= 0.6 is 0 Å². The number of amides is 1. The molecule has 1 aliphatic rings. The first-order chi connectivity index (χ1) is 21.9. The van der Waals surface area contributed by atoms with Crippen LogP contribution in [0.1, 0.15) is 78.4 Å². The van der Waals surface area contributed by atoms with Gasteiger partial charge in [0.05, 0.1) is 36.4 Å². The fourth-order valence-corrected chi connectivity index (χ4v) is 6.54. The lowest BCUT2D eigenvalue weighted by Crippen LogP contribution is -2.45. The van der Waals surface area contributed by atoms with Crippen LogP contribution in [0.15, 0.2) is 42.9 Å². The number of carbonyl (C=O) groups excluding carboxylic acids is 1. The third-order valence-electron chi connectivity index (χ3n) is 9.25. The predicted molar refractivity (Wildman–Crippen MR) is 180 cm³/mol. The van der Waals surface area contributed by atoms with Gasteiger partial charge in [0.15, 0.2) is 14.4 Å². The lowest BCUT2D eigenvalue weighted by Gasteiger charge is -2.37. The summed E-state index contributed by atoms with van der Waals surface area (Å²) in [6.45, 7) is 22.1. The molecule has 1 aliphatic heterocycles. The van der Waals surface area contributed by atoms with Crippen LogP contribution in [0.5, 0.6) is 5.75 Å². The maximum atomic E-state index is 13.9. The Kier molecular flexibility index (Phi) is 9.53. The van der Waals surface area contributed by atoms with Gasteiger partial charge in [-0.25, -0.2) is 18.4 Å². The number of nitrogens with zero attached hydrogens (tertiary/aromatic N) is 7. The number of fused-ring (bicyclic) bond motifs is 1. The van der Waals surface area contributed by atoms with E-state index in [4.69, 9.17) is 13.9 Å². The summed E-state index contributed by atoms with van der Waals surface area (Å²) in [6.07, 6.45) is 4.68. The molecule has 4 aromatic heterocycles. The first-order valence-electron chi connectivity index (χ1n) is 16.2. The van der Waals surface area contributed by atoms with E-state index in [2.05, 4.69) is 61.2 Å². The smallest absolute Gasteiger partial charge is 0.410 e. The van der Waals surface area contributed by atoms with Gasteiger partial charge < -0.3 is 18.8 Å². The number of carbonyl (C=O) groups is 1. The van der Waals surface area contributed by atoms with Crippen LogP contribution in [-0.4, -0.2) is 74.2 Å². The molecule has 0 bridgehead atoms. The zero-order chi connectivity index (χ0) is 34.3. The highest BCUT2D eigenvalue weighted by atomic mass is 28.4. The van der Waals surface area contributed by atoms with Crippen molar-refractivity contribution in [1.82, 2.24) is 34.5 Å². The van der Waals surface area contributed by atoms with E-state index in [1.165, 1.54) is 12.3 Å². The van der Waals surface area contributed by atoms with Gasteiger partial charge in [-0.05, 0) is 82.4 Å². The number of ether oxygens (including phenoxy) is 2. The molecule has 254 valence electrons. The lowest BCUT2D eigenvalue weighted by atomic mass is 9.94. The topological polar surface area (TPSA) is 109 Å². The molecule has 3 atom stereocenters. The molecule has 1 unspecified atom stereocenters. The third-order valence-corrected chi connectivity index (χ3v) is 13.7. The number of hydrogen-bond donors (Lipinski definition) is 0. The first-order valence-corrected chi connectivity index (χ1v) is 19.1. The van der Waals surface area contributed by atoms with E-state index in [0.717, 1.165) is 23.2 Å². The van der Waals surface area contributed by atoms with Crippen LogP contribution in [0.3, 0.4) is 0 Å². The largest absolute Gasteiger partial charge is 0.479 e. The molecule has 1 saturated heterocycles. The fraction of sp³-hybridized carbons (Fsp3) is 0.559. The Bertz CT molecular complexity index is 1710. The normalized spacial score (nSPS) is 18.4. The summed E-state index contributed by atoms with van der Waals surface area (Å²) in [6, 6.07) is 6.91. The highest BCUT2D eigenvalue weighted by molar-refractivity contribution is 6.74. The quantitative estimate of drug-likeness (QED) is 0.179. The van der Waals surface area contributed by atoms with Gasteiger partial charge in [0.2, 0.25) is 0 Å². The second kappa shape index (κ2) is 13.0. The van der Waals surface area contributed by atoms with Crippen molar-refractivity contribution in [3.8, 4) is 17.0 Å². The maximum absolute atomic E-state index is 13.9. The summed E-state index contributed by atoms with van der Waals surface area (Å²) in [5.41, 5.74) is 3.20. The van der Waals surface area contributed by atoms with Gasteiger partial charge >= 0.3 is 6.09 Å². The van der Waals surface area contributed by atoms with Gasteiger partial charge in [0.25, 0.3) is 0 Å². The number of piperidine rings is 1. The molecule has 1 amide bonds. The highest BCUT2D eigenvalue weighted by Gasteiger charge is 2.38. The Morgan fingerprint density at radius 3 is 2.53 bits per heavy atom. The number of aromatic nitrogens is 6. The molecule has 0 radical (unpaired) electrons. The van der Waals surface area contributed by atoms with Crippen molar-refractivity contribution in [2.75, 3.05) is 19.7 Å². The van der Waals surface area contributed by atoms with Crippen LogP contribution in [-0.2, 0) is 9.16 Å². The van der Waals surface area contributed by atoms with E-state index in [9.17, 15) is 9.18 Å². The second-order valence-corrected chi connectivity index (χ2v) is 19.9. The Morgan fingerprint density at radius 2 is 1.89 bits per heavy atom. The number of likely N-dealkylation sites (tertiary alicyclic amines) is 1. The van der Waals surface area contributed by atoms with Crippen LogP contribution in [0.4, 0.5) is 9.18 Å². The molecular weight excluding hydrogens is 618 g/mol. The Morgan fingerprint density at radius 1 is 1.15 bits per heavy atom. The van der Waals surface area contributed by atoms with Gasteiger partial charge in [0, 0.05) is 24.8 Å². The summed E-state index contributed by atoms with van der Waals surface area (Å²) >= 11 is 0. The summed E-state index contributed by atoms with van der Waals surface area (Å²) in [5.74, 6) is 0.297. The van der Waals surface area contributed by atoms with Gasteiger partial charge in [-0.2, -0.15) is 5.10 Å². The Labute approximate surface area is 277 Å². The molecule has 0 aliphatic carbocycles. The summed E-state index contributed by atoms with van der Waals surface area (Å²) in [7, 11) is -2.13. The molecule has 0 N–H and O–H groups in total. The number of pyridine rings is 2. The minimum absolute atomic E-state index is 0.000387. The molecule has 0 aromatic carbocycles. The number of halogens is 1. The van der Waals surface area contributed by atoms with Crippen LogP contribution < -0.4 is 4.74 Å². The van der Waals surface area contributed by atoms with E-state index >= 15 is 0 Å². The molecule has 0 spiro atoms. The van der Waals surface area contributed by atoms with E-state index in [0.29, 0.717) is 30.2 Å². The Hall–Kier alpha value is -3.84. The van der Waals surface area contributed by atoms with Gasteiger partial charge in [-0.15, -0.1) is 5.10 Å². The van der Waals surface area contributed by atoms with Gasteiger partial charge in [-0.1, -0.05) is 32.9 Å². The molecule has 1 fully saturated rings. The van der Waals surface area contributed by atoms with E-state index in [-0.39, 0.29) is 29.7 Å². The average Bonchev–Trinajstić information content (AvgIpc) is 3.61. The average molecular weight is 666 g/mol. The van der Waals surface area contributed by atoms with Crippen molar-refractivity contribution in [2.24, 2.45) is 5.92 Å². The van der Waals surface area contributed by atoms with Crippen molar-refractivity contribution in [3.05, 3.63) is 60.1 Å². The first kappa shape index (κ1) is 34.5. The van der Waals surface area contributed by atoms with Crippen LogP contribution in [0, 0.1) is 18.7 Å². The second-order valence-electron chi connectivity index (χ2n) is 15.1. The molecule has 11 nitrogen and oxygen atoms in total. The molecule has 0 saturated carbocycles. The third kappa shape index (κ3) is 7.67. The minimum atomic E-state index is -2.13. The standard InChI is InChI=1S/C34H48FN7O4Si/c1-22-19-40(32(43)46-33(3,4)5)16-14-27(22)42-23(2)31(38-39-42)24-17-29(28-13-15-37-41(28)20-24)45-30(26-12-11-25(35)18-36-26)21-44-47(9,10)34(6,7)8/h11-13,15,17-18,20,22,27,30H,14,16,19,21H2,1-10H3/t22-,27+,30?/m1/s1. The van der Waals surface area contributed by atoms with Crippen LogP contribution in [0.25, 0.3) is 16.8 Å². The van der Waals surface area contributed by atoms with Crippen molar-refractivity contribution in [2.45, 2.75) is 97.7 Å². The summed E-state index contributed by atoms with van der Waals surface area (Å²) in [5, 5.41) is 13.7. The van der Waals surface area contributed by atoms with Crippen molar-refractivity contribution >= 4 is 19.9 Å². The van der Waals surface area contributed by atoms with Crippen molar-refractivity contribution < 1.29 is 23.1 Å². The zero-order valence-corrected chi connectivity index (χ0v) is 30.2. The highest BCUT2D eigenvalue weighted by Crippen LogP contribution is 2.39. The predicted octanol–water partition coefficient (Wildman–Crippen LogP) is 7.40. The van der Waals surface area contributed by atoms with Crippen LogP contribution in [0.2, 0.25) is 18.1 Å². The van der Waals surface area contributed by atoms with Crippen molar-refractivity contribution in [3.63, 3.8) is 0 Å². The summed E-state index contributed by atoms with van der Waals surface area (Å²) in [4.78, 5) is 18.8. The molecule has 13 heteroatoms. The van der Waals surface area contributed by atoms with E-state index in [1.807, 2.05) is 50.7 Å². The van der Waals surface area contributed by atoms with E-state index < -0.39 is 25.8 Å².